The van der Waals surface area contributed by atoms with Crippen LogP contribution in [0.4, 0.5) is 0 Å². The van der Waals surface area contributed by atoms with Crippen molar-refractivity contribution in [2.75, 3.05) is 0 Å². The van der Waals surface area contributed by atoms with Crippen LogP contribution in [-0.4, -0.2) is 15.7 Å². The number of allylic oxidation sites excluding steroid dienone is 3. The molecule has 0 rings (SSSR count). The third-order valence-corrected chi connectivity index (χ3v) is 2.89. The van der Waals surface area contributed by atoms with Crippen molar-refractivity contribution >= 4 is 13.7 Å². The first kappa shape index (κ1) is 17.7. The standard InChI is InChI=1S/C11H18NO6P/c1-5-7-9(18-19(15,16)17)8(6-2)11(3,4)10(13)12-14/h6-7H,5H2,1-4H3,(H2,15,16,17)/b8-6+,9-7+. The highest BCUT2D eigenvalue weighted by molar-refractivity contribution is 7.46. The number of amides is 1. The van der Waals surface area contributed by atoms with E-state index in [1.807, 2.05) is 0 Å². The van der Waals surface area contributed by atoms with E-state index in [0.717, 1.165) is 0 Å². The second-order valence-corrected chi connectivity index (χ2v) is 5.45. The monoisotopic (exact) mass is 291 g/mol. The summed E-state index contributed by atoms with van der Waals surface area (Å²) in [6.07, 6.45) is 3.32. The fraction of sp³-hybridized carbons (Fsp3) is 0.545. The average Bonchev–Trinajstić information content (AvgIpc) is 2.26. The first-order valence-electron chi connectivity index (χ1n) is 5.60. The van der Waals surface area contributed by atoms with E-state index in [2.05, 4.69) is 9.70 Å². The van der Waals surface area contributed by atoms with Gasteiger partial charge in [-0.1, -0.05) is 13.0 Å². The van der Waals surface area contributed by atoms with Crippen molar-refractivity contribution in [2.24, 2.45) is 10.6 Å². The second kappa shape index (κ2) is 6.75. The van der Waals surface area contributed by atoms with Crippen molar-refractivity contribution in [3.05, 3.63) is 28.4 Å². The number of hydrogen-bond donors (Lipinski definition) is 2. The molecule has 0 saturated carbocycles. The summed E-state index contributed by atoms with van der Waals surface area (Å²) in [5, 5.41) is 2.36. The molecule has 0 aromatic heterocycles. The molecule has 0 bridgehead atoms. The Morgan fingerprint density at radius 1 is 1.42 bits per heavy atom. The third kappa shape index (κ3) is 5.06. The van der Waals surface area contributed by atoms with Crippen LogP contribution >= 0.6 is 7.82 Å². The number of hydrogen-bond acceptors (Lipinski definition) is 4. The lowest BCUT2D eigenvalue weighted by Crippen LogP contribution is -2.26. The van der Waals surface area contributed by atoms with Crippen LogP contribution in [0.2, 0.25) is 0 Å². The molecule has 8 heteroatoms. The number of nitroso groups, excluding NO2 is 1. The van der Waals surface area contributed by atoms with Gasteiger partial charge in [-0.05, 0) is 33.3 Å². The van der Waals surface area contributed by atoms with Crippen molar-refractivity contribution < 1.29 is 23.7 Å². The van der Waals surface area contributed by atoms with Crippen molar-refractivity contribution in [3.63, 3.8) is 0 Å². The lowest BCUT2D eigenvalue weighted by molar-refractivity contribution is -0.124. The predicted octanol–water partition coefficient (Wildman–Crippen LogP) is 2.66. The van der Waals surface area contributed by atoms with Gasteiger partial charge >= 0.3 is 7.82 Å². The molecule has 0 heterocycles. The molecule has 108 valence electrons. The zero-order valence-corrected chi connectivity index (χ0v) is 12.2. The Hall–Kier alpha value is -1.30. The zero-order chi connectivity index (χ0) is 15.3. The number of phosphoric acid groups is 1. The maximum Gasteiger partial charge on any atom is 0.524 e. The first-order valence-corrected chi connectivity index (χ1v) is 7.13. The minimum Gasteiger partial charge on any atom is -0.404 e. The minimum atomic E-state index is -4.76. The van der Waals surface area contributed by atoms with E-state index in [1.54, 1.807) is 13.8 Å². The quantitative estimate of drug-likeness (QED) is 0.336. The van der Waals surface area contributed by atoms with Gasteiger partial charge in [0.15, 0.2) is 0 Å². The molecule has 19 heavy (non-hydrogen) atoms. The highest BCUT2D eigenvalue weighted by atomic mass is 31.2. The molecule has 0 unspecified atom stereocenters. The highest BCUT2D eigenvalue weighted by Gasteiger charge is 2.37. The van der Waals surface area contributed by atoms with Crippen molar-refractivity contribution in [2.45, 2.75) is 34.1 Å². The molecule has 7 nitrogen and oxygen atoms in total. The molecular formula is C11H18NO6P. The van der Waals surface area contributed by atoms with Crippen LogP contribution in [0.1, 0.15) is 34.1 Å². The Kier molecular flexibility index (Phi) is 6.29. The summed E-state index contributed by atoms with van der Waals surface area (Å²) in [5.74, 6) is -1.07. The van der Waals surface area contributed by atoms with Gasteiger partial charge in [0, 0.05) is 10.7 Å². The summed E-state index contributed by atoms with van der Waals surface area (Å²) >= 11 is 0. The summed E-state index contributed by atoms with van der Waals surface area (Å²) in [5.41, 5.74) is -1.13. The van der Waals surface area contributed by atoms with Gasteiger partial charge in [0.25, 0.3) is 5.91 Å². The van der Waals surface area contributed by atoms with Crippen molar-refractivity contribution in [1.29, 1.82) is 0 Å². The van der Waals surface area contributed by atoms with Crippen LogP contribution in [0.15, 0.2) is 28.7 Å². The minimum absolute atomic E-state index is 0.125. The van der Waals surface area contributed by atoms with E-state index in [4.69, 9.17) is 9.79 Å². The van der Waals surface area contributed by atoms with Gasteiger partial charge in [-0.2, -0.15) is 0 Å². The average molecular weight is 291 g/mol. The van der Waals surface area contributed by atoms with Gasteiger partial charge in [0.05, 0.1) is 5.41 Å². The SMILES string of the molecule is C/C=C(\C(=C/CC)OP(=O)(O)O)C(C)(C)C(=O)N=O. The maximum atomic E-state index is 11.5. The van der Waals surface area contributed by atoms with E-state index < -0.39 is 19.1 Å². The molecular weight excluding hydrogens is 273 g/mol. The van der Waals surface area contributed by atoms with Gasteiger partial charge < -0.3 is 4.52 Å². The molecule has 0 aliphatic carbocycles. The first-order chi connectivity index (χ1) is 8.60. The lowest BCUT2D eigenvalue weighted by Gasteiger charge is -2.25. The van der Waals surface area contributed by atoms with Gasteiger partial charge in [-0.15, -0.1) is 4.91 Å². The van der Waals surface area contributed by atoms with Gasteiger partial charge in [0.2, 0.25) is 0 Å². The summed E-state index contributed by atoms with van der Waals surface area (Å²) in [7, 11) is -4.76. The van der Waals surface area contributed by atoms with Crippen LogP contribution in [0.25, 0.3) is 0 Å². The van der Waals surface area contributed by atoms with Crippen LogP contribution in [0, 0.1) is 10.3 Å². The largest absolute Gasteiger partial charge is 0.524 e. The van der Waals surface area contributed by atoms with Crippen LogP contribution in [0.3, 0.4) is 0 Å². The maximum absolute atomic E-state index is 11.5. The number of carbonyl (C=O) groups excluding carboxylic acids is 1. The molecule has 0 aliphatic rings. The summed E-state index contributed by atoms with van der Waals surface area (Å²) in [4.78, 5) is 39.7. The van der Waals surface area contributed by atoms with Crippen molar-refractivity contribution in [3.8, 4) is 0 Å². The fourth-order valence-corrected chi connectivity index (χ4v) is 1.98. The fourth-order valence-electron chi connectivity index (χ4n) is 1.55. The zero-order valence-electron chi connectivity index (χ0n) is 11.3. The topological polar surface area (TPSA) is 113 Å². The molecule has 0 fully saturated rings. The number of phosphoric ester groups is 1. The molecule has 0 aromatic carbocycles. The number of nitrogens with zero attached hydrogens (tertiary/aromatic N) is 1. The Labute approximate surface area is 111 Å². The smallest absolute Gasteiger partial charge is 0.404 e. The number of rotatable bonds is 6. The molecule has 0 spiro atoms. The van der Waals surface area contributed by atoms with E-state index >= 15 is 0 Å². The molecule has 1 amide bonds. The molecule has 0 aromatic rings. The lowest BCUT2D eigenvalue weighted by atomic mass is 9.82. The molecule has 0 saturated heterocycles. The molecule has 0 atom stereocenters. The van der Waals surface area contributed by atoms with Gasteiger partial charge in [0.1, 0.15) is 5.76 Å². The van der Waals surface area contributed by atoms with E-state index in [0.29, 0.717) is 6.42 Å². The van der Waals surface area contributed by atoms with Crippen LogP contribution in [0.5, 0.6) is 0 Å². The Morgan fingerprint density at radius 2 is 1.95 bits per heavy atom. The second-order valence-electron chi connectivity index (χ2n) is 4.28. The van der Waals surface area contributed by atoms with Gasteiger partial charge in [-0.3, -0.25) is 14.6 Å². The highest BCUT2D eigenvalue weighted by Crippen LogP contribution is 2.44. The predicted molar refractivity (Wildman–Crippen MR) is 69.8 cm³/mol. The molecule has 2 N–H and O–H groups in total. The van der Waals surface area contributed by atoms with Gasteiger partial charge in [-0.25, -0.2) is 4.57 Å². The third-order valence-electron chi connectivity index (χ3n) is 2.45. The van der Waals surface area contributed by atoms with Crippen LogP contribution in [-0.2, 0) is 13.9 Å². The Balaban J connectivity index is 5.66. The number of carbonyl (C=O) groups is 1. The van der Waals surface area contributed by atoms with E-state index in [-0.39, 0.29) is 11.3 Å². The van der Waals surface area contributed by atoms with E-state index in [9.17, 15) is 14.3 Å². The Bertz CT molecular complexity index is 460. The summed E-state index contributed by atoms with van der Waals surface area (Å²) < 4.78 is 15.5. The molecule has 0 radical (unpaired) electrons. The summed E-state index contributed by atoms with van der Waals surface area (Å²) in [6, 6.07) is 0. The van der Waals surface area contributed by atoms with E-state index in [1.165, 1.54) is 26.0 Å². The summed E-state index contributed by atoms with van der Waals surface area (Å²) in [6.45, 7) is 6.17. The van der Waals surface area contributed by atoms with Crippen molar-refractivity contribution in [1.82, 2.24) is 0 Å². The molecule has 0 aliphatic heterocycles. The normalized spacial score (nSPS) is 14.2. The Morgan fingerprint density at radius 3 is 2.26 bits per heavy atom. The van der Waals surface area contributed by atoms with Crippen LogP contribution < -0.4 is 0 Å².